The molecule has 0 unspecified atom stereocenters. The molecule has 0 bridgehead atoms. The third kappa shape index (κ3) is 1.41. The minimum Gasteiger partial charge on any atom is -0.298 e. The highest BCUT2D eigenvalue weighted by atomic mass is 79.9. The van der Waals surface area contributed by atoms with Gasteiger partial charge in [0.2, 0.25) is 0 Å². The van der Waals surface area contributed by atoms with Gasteiger partial charge < -0.3 is 0 Å². The lowest BCUT2D eigenvalue weighted by molar-refractivity contribution is 0.112. The number of benzene rings is 1. The van der Waals surface area contributed by atoms with E-state index in [1.54, 1.807) is 13.8 Å². The molecule has 0 saturated carbocycles. The molecule has 0 radical (unpaired) electrons. The van der Waals surface area contributed by atoms with E-state index in [-0.39, 0.29) is 5.82 Å². The van der Waals surface area contributed by atoms with Crippen LogP contribution in [-0.4, -0.2) is 6.29 Å². The standard InChI is InChI=1S/C9H8BrFO/c1-5-7(4-12)6(2)9(11)3-8(5)10/h3-4H,1-2H3. The first-order valence-corrected chi connectivity index (χ1v) is 4.27. The van der Waals surface area contributed by atoms with Crippen LogP contribution in [0.2, 0.25) is 0 Å². The summed E-state index contributed by atoms with van der Waals surface area (Å²) in [6, 6.07) is 1.37. The van der Waals surface area contributed by atoms with Gasteiger partial charge in [0.15, 0.2) is 6.29 Å². The predicted molar refractivity (Wildman–Crippen MR) is 49.0 cm³/mol. The van der Waals surface area contributed by atoms with Crippen LogP contribution in [0.5, 0.6) is 0 Å². The lowest BCUT2D eigenvalue weighted by atomic mass is 10.0. The summed E-state index contributed by atoms with van der Waals surface area (Å²) in [7, 11) is 0. The lowest BCUT2D eigenvalue weighted by Crippen LogP contribution is -1.96. The molecule has 0 saturated heterocycles. The van der Waals surface area contributed by atoms with Crippen molar-refractivity contribution in [3.8, 4) is 0 Å². The molecule has 64 valence electrons. The lowest BCUT2D eigenvalue weighted by Gasteiger charge is -2.06. The number of rotatable bonds is 1. The summed E-state index contributed by atoms with van der Waals surface area (Å²) in [6.45, 7) is 3.37. The van der Waals surface area contributed by atoms with Crippen molar-refractivity contribution in [1.82, 2.24) is 0 Å². The molecule has 0 fully saturated rings. The van der Waals surface area contributed by atoms with E-state index in [2.05, 4.69) is 15.9 Å². The molecule has 0 heterocycles. The van der Waals surface area contributed by atoms with Gasteiger partial charge >= 0.3 is 0 Å². The van der Waals surface area contributed by atoms with E-state index in [0.29, 0.717) is 21.9 Å². The highest BCUT2D eigenvalue weighted by Gasteiger charge is 2.09. The van der Waals surface area contributed by atoms with Crippen LogP contribution in [0.3, 0.4) is 0 Å². The molecule has 0 aliphatic carbocycles. The second-order valence-electron chi connectivity index (χ2n) is 2.62. The van der Waals surface area contributed by atoms with Gasteiger partial charge in [0.25, 0.3) is 0 Å². The van der Waals surface area contributed by atoms with Gasteiger partial charge in [-0.15, -0.1) is 0 Å². The highest BCUT2D eigenvalue weighted by Crippen LogP contribution is 2.23. The largest absolute Gasteiger partial charge is 0.298 e. The van der Waals surface area contributed by atoms with Crippen molar-refractivity contribution < 1.29 is 9.18 Å². The molecule has 0 aromatic heterocycles. The van der Waals surface area contributed by atoms with Gasteiger partial charge in [0, 0.05) is 10.0 Å². The zero-order valence-corrected chi connectivity index (χ0v) is 8.40. The minimum atomic E-state index is -0.352. The van der Waals surface area contributed by atoms with Gasteiger partial charge in [-0.3, -0.25) is 4.79 Å². The quantitative estimate of drug-likeness (QED) is 0.679. The molecular formula is C9H8BrFO. The zero-order chi connectivity index (χ0) is 9.30. The number of carbonyl (C=O) groups is 1. The van der Waals surface area contributed by atoms with E-state index < -0.39 is 0 Å². The van der Waals surface area contributed by atoms with Crippen molar-refractivity contribution in [3.63, 3.8) is 0 Å². The number of aldehydes is 1. The Morgan fingerprint density at radius 3 is 2.50 bits per heavy atom. The summed E-state index contributed by atoms with van der Waals surface area (Å²) in [6.07, 6.45) is 0.679. The Morgan fingerprint density at radius 1 is 1.42 bits per heavy atom. The maximum absolute atomic E-state index is 13.0. The van der Waals surface area contributed by atoms with Crippen LogP contribution in [0.15, 0.2) is 10.5 Å². The fourth-order valence-electron chi connectivity index (χ4n) is 1.04. The predicted octanol–water partition coefficient (Wildman–Crippen LogP) is 3.02. The summed E-state index contributed by atoms with van der Waals surface area (Å²) in [5.74, 6) is -0.352. The molecule has 0 spiro atoms. The van der Waals surface area contributed by atoms with Crippen molar-refractivity contribution >= 4 is 22.2 Å². The summed E-state index contributed by atoms with van der Waals surface area (Å²) < 4.78 is 13.7. The van der Waals surface area contributed by atoms with Crippen molar-refractivity contribution in [2.24, 2.45) is 0 Å². The summed E-state index contributed by atoms with van der Waals surface area (Å²) >= 11 is 3.17. The summed E-state index contributed by atoms with van der Waals surface area (Å²) in [4.78, 5) is 10.6. The Balaban J connectivity index is 3.52. The summed E-state index contributed by atoms with van der Waals surface area (Å²) in [5, 5.41) is 0. The van der Waals surface area contributed by atoms with E-state index in [4.69, 9.17) is 0 Å². The van der Waals surface area contributed by atoms with Crippen LogP contribution in [0.25, 0.3) is 0 Å². The first kappa shape index (κ1) is 9.39. The third-order valence-corrected chi connectivity index (χ3v) is 2.72. The topological polar surface area (TPSA) is 17.1 Å². The van der Waals surface area contributed by atoms with E-state index in [9.17, 15) is 9.18 Å². The van der Waals surface area contributed by atoms with E-state index in [1.165, 1.54) is 6.07 Å². The van der Waals surface area contributed by atoms with Crippen molar-refractivity contribution in [2.45, 2.75) is 13.8 Å². The van der Waals surface area contributed by atoms with Gasteiger partial charge in [-0.2, -0.15) is 0 Å². The Hall–Kier alpha value is -0.700. The maximum Gasteiger partial charge on any atom is 0.150 e. The number of hydrogen-bond donors (Lipinski definition) is 0. The molecule has 1 aromatic rings. The van der Waals surface area contributed by atoms with Gasteiger partial charge in [0.05, 0.1) is 0 Å². The Morgan fingerprint density at radius 2 is 2.00 bits per heavy atom. The van der Waals surface area contributed by atoms with Crippen LogP contribution >= 0.6 is 15.9 Å². The molecular weight excluding hydrogens is 223 g/mol. The molecule has 1 nitrogen and oxygen atoms in total. The molecule has 0 amide bonds. The molecule has 3 heteroatoms. The first-order valence-electron chi connectivity index (χ1n) is 3.48. The normalized spacial score (nSPS) is 10.0. The van der Waals surface area contributed by atoms with Crippen LogP contribution in [0, 0.1) is 19.7 Å². The minimum absolute atomic E-state index is 0.352. The number of hydrogen-bond acceptors (Lipinski definition) is 1. The average molecular weight is 231 g/mol. The van der Waals surface area contributed by atoms with Crippen molar-refractivity contribution in [1.29, 1.82) is 0 Å². The van der Waals surface area contributed by atoms with E-state index in [1.807, 2.05) is 0 Å². The van der Waals surface area contributed by atoms with Crippen LogP contribution in [-0.2, 0) is 0 Å². The van der Waals surface area contributed by atoms with E-state index >= 15 is 0 Å². The van der Waals surface area contributed by atoms with E-state index in [0.717, 1.165) is 5.56 Å². The molecule has 1 aromatic carbocycles. The SMILES string of the molecule is Cc1c(F)cc(Br)c(C)c1C=O. The second-order valence-corrected chi connectivity index (χ2v) is 3.48. The summed E-state index contributed by atoms with van der Waals surface area (Å²) in [5.41, 5.74) is 1.62. The molecule has 1 rings (SSSR count). The first-order chi connectivity index (χ1) is 5.57. The van der Waals surface area contributed by atoms with Crippen LogP contribution in [0.4, 0.5) is 4.39 Å². The molecule has 12 heavy (non-hydrogen) atoms. The third-order valence-electron chi connectivity index (χ3n) is 1.90. The zero-order valence-electron chi connectivity index (χ0n) is 6.82. The van der Waals surface area contributed by atoms with Gasteiger partial charge in [0.1, 0.15) is 5.82 Å². The maximum atomic E-state index is 13.0. The molecule has 0 atom stereocenters. The second kappa shape index (κ2) is 3.35. The van der Waals surface area contributed by atoms with Crippen LogP contribution in [0.1, 0.15) is 21.5 Å². The van der Waals surface area contributed by atoms with Crippen LogP contribution < -0.4 is 0 Å². The van der Waals surface area contributed by atoms with Gasteiger partial charge in [-0.05, 0) is 31.0 Å². The Kier molecular flexibility index (Phi) is 2.62. The van der Waals surface area contributed by atoms with Gasteiger partial charge in [-0.25, -0.2) is 4.39 Å². The fraction of sp³-hybridized carbons (Fsp3) is 0.222. The Labute approximate surface area is 78.7 Å². The van der Waals surface area contributed by atoms with Gasteiger partial charge in [-0.1, -0.05) is 15.9 Å². The monoisotopic (exact) mass is 230 g/mol. The number of carbonyl (C=O) groups excluding carboxylic acids is 1. The highest BCUT2D eigenvalue weighted by molar-refractivity contribution is 9.10. The molecule has 0 aliphatic heterocycles. The molecule has 0 aliphatic rings. The Bertz CT molecular complexity index is 308. The van der Waals surface area contributed by atoms with Crippen molar-refractivity contribution in [2.75, 3.05) is 0 Å². The smallest absolute Gasteiger partial charge is 0.150 e. The average Bonchev–Trinajstić information content (AvgIpc) is 2.02. The molecule has 0 N–H and O–H groups in total. The number of halogens is 2. The van der Waals surface area contributed by atoms with Crippen molar-refractivity contribution in [3.05, 3.63) is 33.0 Å². The fourth-order valence-corrected chi connectivity index (χ4v) is 1.46.